The zero-order valence-corrected chi connectivity index (χ0v) is 10.6. The van der Waals surface area contributed by atoms with E-state index in [1.807, 2.05) is 24.3 Å². The van der Waals surface area contributed by atoms with Gasteiger partial charge in [-0.3, -0.25) is 0 Å². The Kier molecular flexibility index (Phi) is 3.05. The number of fused-ring (bicyclic) bond motifs is 1. The highest BCUT2D eigenvalue weighted by Gasteiger charge is 2.05. The Morgan fingerprint density at radius 3 is 2.68 bits per heavy atom. The minimum atomic E-state index is -0.375. The second-order valence-corrected chi connectivity index (χ2v) is 4.40. The number of para-hydroxylation sites is 2. The Bertz CT molecular complexity index is 710. The Balaban J connectivity index is 1.98. The van der Waals surface area contributed by atoms with Gasteiger partial charge in [-0.15, -0.1) is 0 Å². The molecule has 3 aromatic rings. The zero-order chi connectivity index (χ0) is 13.2. The van der Waals surface area contributed by atoms with Crippen LogP contribution in [0.1, 0.15) is 11.5 Å². The van der Waals surface area contributed by atoms with Crippen molar-refractivity contribution in [2.24, 2.45) is 0 Å². The summed E-state index contributed by atoms with van der Waals surface area (Å²) in [6, 6.07) is 12.0. The summed E-state index contributed by atoms with van der Waals surface area (Å²) in [6.45, 7) is 0. The van der Waals surface area contributed by atoms with Gasteiger partial charge in [0.2, 0.25) is 5.89 Å². The molecular weight excluding hydrogens is 265 g/mol. The number of oxazole rings is 1. The van der Waals surface area contributed by atoms with Gasteiger partial charge in [0.05, 0.1) is 5.02 Å². The summed E-state index contributed by atoms with van der Waals surface area (Å²) in [6.07, 6.45) is 3.16. The molecule has 0 atom stereocenters. The number of benzene rings is 2. The molecule has 0 saturated carbocycles. The number of hydrogen-bond donors (Lipinski definition) is 0. The van der Waals surface area contributed by atoms with E-state index in [4.69, 9.17) is 16.0 Å². The molecule has 2 aromatic carbocycles. The van der Waals surface area contributed by atoms with Crippen LogP contribution in [0.15, 0.2) is 46.9 Å². The van der Waals surface area contributed by atoms with Crippen LogP contribution in [0.25, 0.3) is 23.3 Å². The van der Waals surface area contributed by atoms with Crippen molar-refractivity contribution in [3.8, 4) is 0 Å². The maximum atomic E-state index is 13.6. The Hall–Kier alpha value is -2.13. The van der Waals surface area contributed by atoms with Crippen LogP contribution in [0.5, 0.6) is 0 Å². The van der Waals surface area contributed by atoms with E-state index < -0.39 is 0 Å². The van der Waals surface area contributed by atoms with Gasteiger partial charge in [-0.25, -0.2) is 9.37 Å². The third kappa shape index (κ3) is 2.37. The maximum absolute atomic E-state index is 13.6. The van der Waals surface area contributed by atoms with Crippen LogP contribution in [-0.2, 0) is 0 Å². The lowest BCUT2D eigenvalue weighted by Gasteiger charge is -1.98. The highest BCUT2D eigenvalue weighted by Crippen LogP contribution is 2.22. The fourth-order valence-corrected chi connectivity index (χ4v) is 2.01. The monoisotopic (exact) mass is 273 g/mol. The van der Waals surface area contributed by atoms with Crippen LogP contribution >= 0.6 is 11.6 Å². The average Bonchev–Trinajstić information content (AvgIpc) is 2.81. The van der Waals surface area contributed by atoms with E-state index in [1.165, 1.54) is 6.07 Å². The first-order chi connectivity index (χ1) is 9.24. The molecule has 0 bridgehead atoms. The van der Waals surface area contributed by atoms with Crippen LogP contribution in [0, 0.1) is 5.82 Å². The van der Waals surface area contributed by atoms with Crippen molar-refractivity contribution >= 4 is 34.9 Å². The van der Waals surface area contributed by atoms with Crippen molar-refractivity contribution in [3.05, 3.63) is 64.8 Å². The van der Waals surface area contributed by atoms with E-state index in [0.717, 1.165) is 5.52 Å². The molecule has 0 aliphatic heterocycles. The predicted octanol–water partition coefficient (Wildman–Crippen LogP) is 4.79. The van der Waals surface area contributed by atoms with Crippen molar-refractivity contribution in [2.75, 3.05) is 0 Å². The first kappa shape index (κ1) is 11.9. The maximum Gasteiger partial charge on any atom is 0.220 e. The largest absolute Gasteiger partial charge is 0.437 e. The van der Waals surface area contributed by atoms with Gasteiger partial charge < -0.3 is 4.42 Å². The molecule has 94 valence electrons. The first-order valence-corrected chi connectivity index (χ1v) is 6.09. The molecule has 0 unspecified atom stereocenters. The Labute approximate surface area is 114 Å². The molecule has 19 heavy (non-hydrogen) atoms. The van der Waals surface area contributed by atoms with Crippen LogP contribution in [0.4, 0.5) is 4.39 Å². The van der Waals surface area contributed by atoms with Crippen LogP contribution in [-0.4, -0.2) is 4.98 Å². The van der Waals surface area contributed by atoms with Crippen LogP contribution < -0.4 is 0 Å². The molecule has 3 rings (SSSR count). The quantitative estimate of drug-likeness (QED) is 0.671. The van der Waals surface area contributed by atoms with E-state index in [1.54, 1.807) is 24.3 Å². The molecule has 1 heterocycles. The minimum Gasteiger partial charge on any atom is -0.437 e. The van der Waals surface area contributed by atoms with Gasteiger partial charge >= 0.3 is 0 Å². The van der Waals surface area contributed by atoms with Gasteiger partial charge in [-0.05, 0) is 30.3 Å². The summed E-state index contributed by atoms with van der Waals surface area (Å²) < 4.78 is 19.1. The van der Waals surface area contributed by atoms with E-state index in [2.05, 4.69) is 4.98 Å². The molecule has 0 aliphatic carbocycles. The predicted molar refractivity (Wildman–Crippen MR) is 74.3 cm³/mol. The van der Waals surface area contributed by atoms with Gasteiger partial charge in [-0.1, -0.05) is 29.8 Å². The lowest BCUT2D eigenvalue weighted by molar-refractivity contribution is 0.589. The van der Waals surface area contributed by atoms with Crippen LogP contribution in [0.2, 0.25) is 5.02 Å². The molecule has 2 nitrogen and oxygen atoms in total. The van der Waals surface area contributed by atoms with Crippen molar-refractivity contribution in [2.45, 2.75) is 0 Å². The molecule has 0 aliphatic rings. The topological polar surface area (TPSA) is 26.0 Å². The lowest BCUT2D eigenvalue weighted by Crippen LogP contribution is -1.82. The highest BCUT2D eigenvalue weighted by atomic mass is 35.5. The molecule has 4 heteroatoms. The fraction of sp³-hybridized carbons (Fsp3) is 0. The van der Waals surface area contributed by atoms with Crippen molar-refractivity contribution < 1.29 is 8.81 Å². The molecule has 0 amide bonds. The molecule has 0 radical (unpaired) electrons. The van der Waals surface area contributed by atoms with Crippen molar-refractivity contribution in [3.63, 3.8) is 0 Å². The molecule has 0 saturated heterocycles. The third-order valence-corrected chi connectivity index (χ3v) is 3.03. The minimum absolute atomic E-state index is 0.325. The van der Waals surface area contributed by atoms with Crippen LogP contribution in [0.3, 0.4) is 0 Å². The number of halogens is 2. The van der Waals surface area contributed by atoms with Gasteiger partial charge in [0.1, 0.15) is 11.3 Å². The van der Waals surface area contributed by atoms with Gasteiger partial charge in [0, 0.05) is 11.6 Å². The molecule has 0 fully saturated rings. The SMILES string of the molecule is Fc1cccc(Cl)c1C=Cc1nc2ccccc2o1. The number of nitrogens with zero attached hydrogens (tertiary/aromatic N) is 1. The van der Waals surface area contributed by atoms with Gasteiger partial charge in [-0.2, -0.15) is 0 Å². The number of aromatic nitrogens is 1. The van der Waals surface area contributed by atoms with E-state index in [0.29, 0.717) is 22.1 Å². The second-order valence-electron chi connectivity index (χ2n) is 3.99. The molecule has 1 aromatic heterocycles. The summed E-state index contributed by atoms with van der Waals surface area (Å²) in [5, 5.41) is 0.354. The summed E-state index contributed by atoms with van der Waals surface area (Å²) >= 11 is 5.93. The van der Waals surface area contributed by atoms with E-state index in [9.17, 15) is 4.39 Å². The molecule has 0 spiro atoms. The normalized spacial score (nSPS) is 11.5. The smallest absolute Gasteiger partial charge is 0.220 e. The zero-order valence-electron chi connectivity index (χ0n) is 9.81. The van der Waals surface area contributed by atoms with Crippen molar-refractivity contribution in [1.82, 2.24) is 4.98 Å². The molecular formula is C15H9ClFNO. The number of rotatable bonds is 2. The molecule has 0 N–H and O–H groups in total. The first-order valence-electron chi connectivity index (χ1n) is 5.72. The highest BCUT2D eigenvalue weighted by molar-refractivity contribution is 6.32. The number of hydrogen-bond acceptors (Lipinski definition) is 2. The van der Waals surface area contributed by atoms with Gasteiger partial charge in [0.15, 0.2) is 5.58 Å². The van der Waals surface area contributed by atoms with Gasteiger partial charge in [0.25, 0.3) is 0 Å². The summed E-state index contributed by atoms with van der Waals surface area (Å²) in [5.74, 6) is 0.0420. The Morgan fingerprint density at radius 1 is 1.05 bits per heavy atom. The Morgan fingerprint density at radius 2 is 1.89 bits per heavy atom. The van der Waals surface area contributed by atoms with E-state index >= 15 is 0 Å². The van der Waals surface area contributed by atoms with Crippen molar-refractivity contribution in [1.29, 1.82) is 0 Å². The summed E-state index contributed by atoms with van der Waals surface area (Å²) in [5.41, 5.74) is 1.79. The second kappa shape index (κ2) is 4.86. The van der Waals surface area contributed by atoms with E-state index in [-0.39, 0.29) is 5.82 Å². The standard InChI is InChI=1S/C15H9ClFNO/c16-11-4-3-5-12(17)10(11)8-9-15-18-13-6-1-2-7-14(13)19-15/h1-9H. The summed E-state index contributed by atoms with van der Waals surface area (Å²) in [7, 11) is 0. The summed E-state index contributed by atoms with van der Waals surface area (Å²) in [4.78, 5) is 4.27. The fourth-order valence-electron chi connectivity index (χ4n) is 1.79. The third-order valence-electron chi connectivity index (χ3n) is 2.70. The average molecular weight is 274 g/mol. The lowest BCUT2D eigenvalue weighted by atomic mass is 10.2.